The highest BCUT2D eigenvalue weighted by atomic mass is 35.5. The Morgan fingerprint density at radius 3 is 2.81 bits per heavy atom. The highest BCUT2D eigenvalue weighted by molar-refractivity contribution is 6.30. The number of rotatable bonds is 5. The maximum Gasteiger partial charge on any atom is 0.312 e. The van der Waals surface area contributed by atoms with Crippen LogP contribution in [0, 0.1) is 10.1 Å². The molecule has 114 valence electrons. The van der Waals surface area contributed by atoms with Crippen molar-refractivity contribution >= 4 is 29.0 Å². The quantitative estimate of drug-likeness (QED) is 0.619. The third-order valence-electron chi connectivity index (χ3n) is 3.34. The minimum Gasteiger partial charge on any atom is -0.369 e. The van der Waals surface area contributed by atoms with Crippen molar-refractivity contribution in [2.75, 3.05) is 25.0 Å². The second kappa shape index (κ2) is 6.68. The van der Waals surface area contributed by atoms with Crippen LogP contribution >= 0.6 is 11.6 Å². The number of piperidine rings is 1. The lowest BCUT2D eigenvalue weighted by Gasteiger charge is -2.31. The number of hydrogen-bond donors (Lipinski definition) is 2. The average Bonchev–Trinajstić information content (AvgIpc) is 2.42. The molecule has 0 unspecified atom stereocenters. The molecule has 1 amide bonds. The number of nitrogens with one attached hydrogen (secondary N) is 1. The van der Waals surface area contributed by atoms with Gasteiger partial charge in [0.25, 0.3) is 0 Å². The molecule has 0 atom stereocenters. The molecule has 2 rings (SSSR count). The van der Waals surface area contributed by atoms with E-state index in [-0.39, 0.29) is 35.0 Å². The molecule has 1 aromatic heterocycles. The summed E-state index contributed by atoms with van der Waals surface area (Å²) in [5.74, 6) is -0.130. The van der Waals surface area contributed by atoms with Crippen LogP contribution in [0.5, 0.6) is 0 Å². The topological polar surface area (TPSA) is 114 Å². The van der Waals surface area contributed by atoms with Gasteiger partial charge in [-0.1, -0.05) is 11.6 Å². The maximum atomic E-state index is 11.0. The van der Waals surface area contributed by atoms with Crippen molar-refractivity contribution in [1.82, 2.24) is 9.88 Å². The zero-order valence-corrected chi connectivity index (χ0v) is 12.0. The number of anilines is 1. The van der Waals surface area contributed by atoms with E-state index in [4.69, 9.17) is 17.3 Å². The van der Waals surface area contributed by atoms with Gasteiger partial charge in [0.1, 0.15) is 0 Å². The molecule has 1 aliphatic rings. The number of carbonyl (C=O) groups excluding carboxylic acids is 1. The van der Waals surface area contributed by atoms with Gasteiger partial charge < -0.3 is 11.1 Å². The Kier molecular flexibility index (Phi) is 4.92. The van der Waals surface area contributed by atoms with Crippen molar-refractivity contribution in [3.63, 3.8) is 0 Å². The van der Waals surface area contributed by atoms with Crippen LogP contribution in [0.15, 0.2) is 12.3 Å². The Balaban J connectivity index is 1.97. The molecule has 0 bridgehead atoms. The first-order chi connectivity index (χ1) is 9.95. The lowest BCUT2D eigenvalue weighted by atomic mass is 10.0. The fourth-order valence-corrected chi connectivity index (χ4v) is 2.48. The number of nitrogens with two attached hydrogens (primary N) is 1. The Bertz CT molecular complexity index is 546. The number of carbonyl (C=O) groups is 1. The van der Waals surface area contributed by atoms with Gasteiger partial charge in [0.05, 0.1) is 16.5 Å². The predicted molar refractivity (Wildman–Crippen MR) is 78.2 cm³/mol. The fourth-order valence-electron chi connectivity index (χ4n) is 2.33. The average molecular weight is 314 g/mol. The first-order valence-electron chi connectivity index (χ1n) is 6.53. The molecule has 3 N–H and O–H groups in total. The van der Waals surface area contributed by atoms with E-state index < -0.39 is 4.92 Å². The molecule has 0 saturated carbocycles. The third kappa shape index (κ3) is 4.27. The molecule has 21 heavy (non-hydrogen) atoms. The smallest absolute Gasteiger partial charge is 0.312 e. The van der Waals surface area contributed by atoms with Crippen LogP contribution in [0.3, 0.4) is 0 Å². The van der Waals surface area contributed by atoms with Crippen LogP contribution in [0.1, 0.15) is 12.8 Å². The molecule has 1 fully saturated rings. The molecule has 0 radical (unpaired) electrons. The zero-order chi connectivity index (χ0) is 15.4. The van der Waals surface area contributed by atoms with E-state index in [0.29, 0.717) is 13.1 Å². The summed E-state index contributed by atoms with van der Waals surface area (Å²) in [5.41, 5.74) is 5.02. The van der Waals surface area contributed by atoms with Gasteiger partial charge in [-0.25, -0.2) is 4.98 Å². The monoisotopic (exact) mass is 313 g/mol. The van der Waals surface area contributed by atoms with Crippen molar-refractivity contribution < 1.29 is 9.72 Å². The van der Waals surface area contributed by atoms with Crippen molar-refractivity contribution in [2.45, 2.75) is 18.9 Å². The van der Waals surface area contributed by atoms with E-state index in [0.717, 1.165) is 12.8 Å². The highest BCUT2D eigenvalue weighted by Gasteiger charge is 2.23. The third-order valence-corrected chi connectivity index (χ3v) is 3.55. The molecule has 1 aromatic rings. The Labute approximate surface area is 126 Å². The first kappa shape index (κ1) is 15.5. The summed E-state index contributed by atoms with van der Waals surface area (Å²) in [4.78, 5) is 27.3. The highest BCUT2D eigenvalue weighted by Crippen LogP contribution is 2.27. The summed E-state index contributed by atoms with van der Waals surface area (Å²) in [5, 5.41) is 14.3. The largest absolute Gasteiger partial charge is 0.369 e. The van der Waals surface area contributed by atoms with Crippen LogP contribution in [0.4, 0.5) is 11.5 Å². The number of primary amides is 1. The predicted octanol–water partition coefficient (Wildman–Crippen LogP) is 1.00. The standard InChI is InChI=1S/C12H16ClN5O3/c13-8-5-10(18(20)21)12(15-6-8)16-9-1-3-17(4-2-9)7-11(14)19/h5-6,9H,1-4,7H2,(H2,14,19)(H,15,16). The van der Waals surface area contributed by atoms with E-state index in [1.807, 2.05) is 4.90 Å². The minimum atomic E-state index is -0.510. The normalized spacial score (nSPS) is 16.6. The molecular weight excluding hydrogens is 298 g/mol. The van der Waals surface area contributed by atoms with Gasteiger partial charge in [0.2, 0.25) is 11.7 Å². The number of likely N-dealkylation sites (tertiary alicyclic amines) is 1. The second-order valence-corrected chi connectivity index (χ2v) is 5.38. The Morgan fingerprint density at radius 1 is 1.57 bits per heavy atom. The molecule has 9 heteroatoms. The summed E-state index contributed by atoms with van der Waals surface area (Å²) in [6.45, 7) is 1.66. The number of nitrogens with zero attached hydrogens (tertiary/aromatic N) is 3. The number of halogens is 1. The fraction of sp³-hybridized carbons (Fsp3) is 0.500. The number of aromatic nitrogens is 1. The van der Waals surface area contributed by atoms with Gasteiger partial charge in [-0.3, -0.25) is 19.8 Å². The van der Waals surface area contributed by atoms with Crippen LogP contribution in [0.25, 0.3) is 0 Å². The molecule has 8 nitrogen and oxygen atoms in total. The summed E-state index contributed by atoms with van der Waals surface area (Å²) in [6.07, 6.45) is 2.89. The van der Waals surface area contributed by atoms with Crippen molar-refractivity contribution in [3.05, 3.63) is 27.4 Å². The molecule has 1 aliphatic heterocycles. The van der Waals surface area contributed by atoms with Crippen LogP contribution < -0.4 is 11.1 Å². The minimum absolute atomic E-state index is 0.0708. The van der Waals surface area contributed by atoms with Gasteiger partial charge in [0.15, 0.2) is 0 Å². The molecule has 1 saturated heterocycles. The van der Waals surface area contributed by atoms with Crippen LogP contribution in [-0.2, 0) is 4.79 Å². The van der Waals surface area contributed by atoms with E-state index >= 15 is 0 Å². The van der Waals surface area contributed by atoms with Gasteiger partial charge in [0, 0.05) is 31.4 Å². The van der Waals surface area contributed by atoms with Gasteiger partial charge in [-0.05, 0) is 12.8 Å². The van der Waals surface area contributed by atoms with Crippen molar-refractivity contribution in [1.29, 1.82) is 0 Å². The maximum absolute atomic E-state index is 11.0. The molecule has 2 heterocycles. The first-order valence-corrected chi connectivity index (χ1v) is 6.90. The number of pyridine rings is 1. The molecule has 0 aliphatic carbocycles. The van der Waals surface area contributed by atoms with Gasteiger partial charge in [-0.15, -0.1) is 0 Å². The van der Waals surface area contributed by atoms with Crippen LogP contribution in [0.2, 0.25) is 5.02 Å². The summed E-state index contributed by atoms with van der Waals surface area (Å²) in [6, 6.07) is 1.35. The van der Waals surface area contributed by atoms with E-state index in [1.165, 1.54) is 12.3 Å². The lowest BCUT2D eigenvalue weighted by molar-refractivity contribution is -0.384. The van der Waals surface area contributed by atoms with E-state index in [2.05, 4.69) is 10.3 Å². The summed E-state index contributed by atoms with van der Waals surface area (Å²) in [7, 11) is 0. The SMILES string of the molecule is NC(=O)CN1CCC(Nc2ncc(Cl)cc2[N+](=O)[O-])CC1. The zero-order valence-electron chi connectivity index (χ0n) is 11.3. The van der Waals surface area contributed by atoms with Gasteiger partial charge in [-0.2, -0.15) is 0 Å². The second-order valence-electron chi connectivity index (χ2n) is 4.94. The van der Waals surface area contributed by atoms with Gasteiger partial charge >= 0.3 is 5.69 Å². The van der Waals surface area contributed by atoms with Crippen molar-refractivity contribution in [3.8, 4) is 0 Å². The summed E-state index contributed by atoms with van der Waals surface area (Å²) >= 11 is 5.73. The lowest BCUT2D eigenvalue weighted by Crippen LogP contribution is -2.43. The number of nitro groups is 1. The Hall–Kier alpha value is -1.93. The summed E-state index contributed by atoms with van der Waals surface area (Å²) < 4.78 is 0. The number of hydrogen-bond acceptors (Lipinski definition) is 6. The van der Waals surface area contributed by atoms with Crippen LogP contribution in [-0.4, -0.2) is 46.4 Å². The van der Waals surface area contributed by atoms with E-state index in [9.17, 15) is 14.9 Å². The Morgan fingerprint density at radius 2 is 2.24 bits per heavy atom. The molecular formula is C12H16ClN5O3. The molecule has 0 aromatic carbocycles. The molecule has 0 spiro atoms. The van der Waals surface area contributed by atoms with E-state index in [1.54, 1.807) is 0 Å². The van der Waals surface area contributed by atoms with Crippen molar-refractivity contribution in [2.24, 2.45) is 5.73 Å². The number of amides is 1.